The third-order valence-corrected chi connectivity index (χ3v) is 3.29. The number of carbonyl (C=O) groups is 1. The van der Waals surface area contributed by atoms with E-state index < -0.39 is 5.91 Å². The van der Waals surface area contributed by atoms with Gasteiger partial charge in [-0.2, -0.15) is 5.10 Å². The zero-order valence-electron chi connectivity index (χ0n) is 12.3. The highest BCUT2D eigenvalue weighted by atomic mass is 79.9. The third-order valence-electron chi connectivity index (χ3n) is 2.80. The van der Waals surface area contributed by atoms with E-state index >= 15 is 0 Å². The second kappa shape index (κ2) is 8.19. The maximum absolute atomic E-state index is 11.6. The highest BCUT2D eigenvalue weighted by molar-refractivity contribution is 9.10. The van der Waals surface area contributed by atoms with Gasteiger partial charge in [-0.3, -0.25) is 4.79 Å². The van der Waals surface area contributed by atoms with Gasteiger partial charge in [-0.1, -0.05) is 22.0 Å². The summed E-state index contributed by atoms with van der Waals surface area (Å²) >= 11 is 3.32. The van der Waals surface area contributed by atoms with Crippen LogP contribution in [0.25, 0.3) is 0 Å². The Morgan fingerprint density at radius 3 is 2.83 bits per heavy atom. The summed E-state index contributed by atoms with van der Waals surface area (Å²) in [6.07, 6.45) is 1.34. The average Bonchev–Trinajstić information content (AvgIpc) is 2.54. The van der Waals surface area contributed by atoms with Gasteiger partial charge in [0.1, 0.15) is 17.2 Å². The Balaban J connectivity index is 1.84. The number of methoxy groups -OCH3 is 1. The number of amides is 1. The van der Waals surface area contributed by atoms with Gasteiger partial charge in [0, 0.05) is 16.1 Å². The molecule has 0 bridgehead atoms. The predicted octanol–water partition coefficient (Wildman–Crippen LogP) is 2.69. The van der Waals surface area contributed by atoms with Gasteiger partial charge in [-0.25, -0.2) is 5.43 Å². The average molecular weight is 379 g/mol. The minimum Gasteiger partial charge on any atom is -0.507 e. The van der Waals surface area contributed by atoms with Crippen molar-refractivity contribution in [1.29, 1.82) is 0 Å². The number of carbonyl (C=O) groups excluding carboxylic acids is 1. The molecule has 0 saturated heterocycles. The van der Waals surface area contributed by atoms with Crippen molar-refractivity contribution in [3.63, 3.8) is 0 Å². The summed E-state index contributed by atoms with van der Waals surface area (Å²) in [5.74, 6) is 0.708. The molecule has 2 aromatic rings. The normalized spacial score (nSPS) is 10.5. The lowest BCUT2D eigenvalue weighted by atomic mass is 10.2. The first kappa shape index (κ1) is 16.8. The molecule has 0 radical (unpaired) electrons. The molecule has 2 aromatic carbocycles. The van der Waals surface area contributed by atoms with E-state index in [-0.39, 0.29) is 12.4 Å². The number of hydrogen-bond donors (Lipinski definition) is 2. The summed E-state index contributed by atoms with van der Waals surface area (Å²) in [4.78, 5) is 11.6. The number of benzene rings is 2. The zero-order valence-corrected chi connectivity index (χ0v) is 13.9. The Kier molecular flexibility index (Phi) is 5.99. The van der Waals surface area contributed by atoms with Crippen molar-refractivity contribution in [3.05, 3.63) is 52.5 Å². The first-order valence-corrected chi connectivity index (χ1v) is 7.45. The Morgan fingerprint density at radius 2 is 2.13 bits per heavy atom. The number of rotatable bonds is 6. The van der Waals surface area contributed by atoms with Crippen molar-refractivity contribution >= 4 is 28.1 Å². The second-order valence-electron chi connectivity index (χ2n) is 4.46. The monoisotopic (exact) mass is 378 g/mol. The third kappa shape index (κ3) is 5.30. The number of ether oxygens (including phenoxy) is 2. The van der Waals surface area contributed by atoms with Gasteiger partial charge in [0.2, 0.25) is 0 Å². The number of phenols is 1. The van der Waals surface area contributed by atoms with Crippen molar-refractivity contribution in [2.45, 2.75) is 0 Å². The quantitative estimate of drug-likeness (QED) is 0.598. The molecule has 120 valence electrons. The molecule has 0 spiro atoms. The summed E-state index contributed by atoms with van der Waals surface area (Å²) < 4.78 is 11.2. The molecule has 0 atom stereocenters. The van der Waals surface area contributed by atoms with Crippen LogP contribution in [0.15, 0.2) is 52.0 Å². The van der Waals surface area contributed by atoms with Crippen LogP contribution in [0, 0.1) is 0 Å². The minimum atomic E-state index is -0.408. The molecule has 0 aliphatic rings. The number of nitrogens with one attached hydrogen (secondary N) is 1. The van der Waals surface area contributed by atoms with Crippen LogP contribution in [-0.4, -0.2) is 30.9 Å². The summed E-state index contributed by atoms with van der Waals surface area (Å²) in [6.45, 7) is -0.164. The van der Waals surface area contributed by atoms with Gasteiger partial charge < -0.3 is 14.6 Å². The van der Waals surface area contributed by atoms with Crippen molar-refractivity contribution in [1.82, 2.24) is 5.43 Å². The lowest BCUT2D eigenvalue weighted by molar-refractivity contribution is -0.123. The van der Waals surface area contributed by atoms with Crippen molar-refractivity contribution in [2.75, 3.05) is 13.7 Å². The van der Waals surface area contributed by atoms with Gasteiger partial charge in [0.25, 0.3) is 5.91 Å². The number of nitrogens with zero attached hydrogens (tertiary/aromatic N) is 1. The zero-order chi connectivity index (χ0) is 16.7. The topological polar surface area (TPSA) is 80.2 Å². The molecule has 0 aliphatic carbocycles. The number of halogens is 1. The van der Waals surface area contributed by atoms with Crippen molar-refractivity contribution in [2.24, 2.45) is 5.10 Å². The Hall–Kier alpha value is -2.54. The minimum absolute atomic E-state index is 0.00716. The van der Waals surface area contributed by atoms with E-state index in [9.17, 15) is 9.90 Å². The summed E-state index contributed by atoms with van der Waals surface area (Å²) in [6, 6.07) is 11.9. The first-order chi connectivity index (χ1) is 11.1. The molecule has 2 N–H and O–H groups in total. The standard InChI is InChI=1S/C16H15BrN2O4/c1-22-13-6-5-11(15(20)8-13)9-18-19-16(21)10-23-14-4-2-3-12(17)7-14/h2-9,20H,10H2,1H3,(H,19,21)/b18-9+. The van der Waals surface area contributed by atoms with Crippen LogP contribution in [0.2, 0.25) is 0 Å². The van der Waals surface area contributed by atoms with E-state index in [0.717, 1.165) is 4.47 Å². The highest BCUT2D eigenvalue weighted by Crippen LogP contribution is 2.21. The van der Waals surface area contributed by atoms with Gasteiger partial charge >= 0.3 is 0 Å². The molecule has 0 saturated carbocycles. The fraction of sp³-hybridized carbons (Fsp3) is 0.125. The van der Waals surface area contributed by atoms with E-state index in [1.165, 1.54) is 19.4 Å². The van der Waals surface area contributed by atoms with Gasteiger partial charge in [0.05, 0.1) is 13.3 Å². The van der Waals surface area contributed by atoms with Crippen LogP contribution in [0.1, 0.15) is 5.56 Å². The van der Waals surface area contributed by atoms with E-state index in [4.69, 9.17) is 9.47 Å². The molecule has 0 fully saturated rings. The fourth-order valence-corrected chi connectivity index (χ4v) is 2.05. The van der Waals surface area contributed by atoms with E-state index in [1.807, 2.05) is 12.1 Å². The highest BCUT2D eigenvalue weighted by Gasteiger charge is 2.03. The SMILES string of the molecule is COc1ccc(/C=N/NC(=O)COc2cccc(Br)c2)c(O)c1. The second-order valence-corrected chi connectivity index (χ2v) is 5.38. The maximum Gasteiger partial charge on any atom is 0.277 e. The molecular weight excluding hydrogens is 364 g/mol. The van der Waals surface area contributed by atoms with Crippen molar-refractivity contribution in [3.8, 4) is 17.2 Å². The van der Waals surface area contributed by atoms with Crippen LogP contribution in [0.3, 0.4) is 0 Å². The first-order valence-electron chi connectivity index (χ1n) is 6.66. The van der Waals surface area contributed by atoms with Crippen molar-refractivity contribution < 1.29 is 19.4 Å². The van der Waals surface area contributed by atoms with E-state index in [2.05, 4.69) is 26.5 Å². The molecular formula is C16H15BrN2O4. The van der Waals surface area contributed by atoms with Gasteiger partial charge in [-0.05, 0) is 30.3 Å². The lowest BCUT2D eigenvalue weighted by Gasteiger charge is -2.05. The Bertz CT molecular complexity index is 719. The number of aromatic hydroxyl groups is 1. The molecule has 0 unspecified atom stereocenters. The molecule has 23 heavy (non-hydrogen) atoms. The van der Waals surface area contributed by atoms with Crippen LogP contribution < -0.4 is 14.9 Å². The summed E-state index contributed by atoms with van der Waals surface area (Å²) in [7, 11) is 1.51. The van der Waals surface area contributed by atoms with Crippen LogP contribution in [0.5, 0.6) is 17.2 Å². The number of hydrogen-bond acceptors (Lipinski definition) is 5. The maximum atomic E-state index is 11.6. The fourth-order valence-electron chi connectivity index (χ4n) is 1.67. The van der Waals surface area contributed by atoms with E-state index in [0.29, 0.717) is 17.1 Å². The molecule has 0 heterocycles. The van der Waals surface area contributed by atoms with Crippen LogP contribution in [-0.2, 0) is 4.79 Å². The summed E-state index contributed by atoms with van der Waals surface area (Å²) in [5.41, 5.74) is 2.78. The summed E-state index contributed by atoms with van der Waals surface area (Å²) in [5, 5.41) is 13.5. The van der Waals surface area contributed by atoms with Gasteiger partial charge in [0.15, 0.2) is 6.61 Å². The largest absolute Gasteiger partial charge is 0.507 e. The Labute approximate surface area is 141 Å². The van der Waals surface area contributed by atoms with Crippen LogP contribution >= 0.6 is 15.9 Å². The predicted molar refractivity (Wildman–Crippen MR) is 90.0 cm³/mol. The number of phenolic OH excluding ortho intramolecular Hbond substituents is 1. The molecule has 0 aromatic heterocycles. The van der Waals surface area contributed by atoms with Crippen LogP contribution in [0.4, 0.5) is 0 Å². The van der Waals surface area contributed by atoms with E-state index in [1.54, 1.807) is 24.3 Å². The lowest BCUT2D eigenvalue weighted by Crippen LogP contribution is -2.24. The molecule has 6 nitrogen and oxygen atoms in total. The molecule has 0 aliphatic heterocycles. The molecule has 2 rings (SSSR count). The smallest absolute Gasteiger partial charge is 0.277 e. The molecule has 1 amide bonds. The Morgan fingerprint density at radius 1 is 1.30 bits per heavy atom. The molecule has 7 heteroatoms. The number of hydrazone groups is 1. The van der Waals surface area contributed by atoms with Gasteiger partial charge in [-0.15, -0.1) is 0 Å².